The van der Waals surface area contributed by atoms with Gasteiger partial charge in [0.25, 0.3) is 0 Å². The predicted molar refractivity (Wildman–Crippen MR) is 69.9 cm³/mol. The van der Waals surface area contributed by atoms with Gasteiger partial charge >= 0.3 is 5.91 Å². The fourth-order valence-electron chi connectivity index (χ4n) is 2.95. The van der Waals surface area contributed by atoms with E-state index in [1.165, 1.54) is 0 Å². The number of hydrogen-bond acceptors (Lipinski definition) is 4. The Morgan fingerprint density at radius 3 is 3.00 bits per heavy atom. The summed E-state index contributed by atoms with van der Waals surface area (Å²) in [5, 5.41) is 2.51. The van der Waals surface area contributed by atoms with Crippen molar-refractivity contribution in [2.75, 3.05) is 13.2 Å². The lowest BCUT2D eigenvalue weighted by molar-refractivity contribution is 0.0273. The largest absolute Gasteiger partial charge is 0.375 e. The molecule has 1 aromatic carbocycles. The maximum Gasteiger partial charge on any atom is 0.317 e. The Morgan fingerprint density at radius 1 is 1.53 bits per heavy atom. The van der Waals surface area contributed by atoms with Gasteiger partial charge in [0.2, 0.25) is 0 Å². The summed E-state index contributed by atoms with van der Waals surface area (Å²) in [6.07, 6.45) is 1.47. The number of carbonyl (C=O) groups excluding carboxylic acids is 1. The highest BCUT2D eigenvalue weighted by Gasteiger charge is 2.38. The maximum atomic E-state index is 11.4. The molecule has 0 unspecified atom stereocenters. The van der Waals surface area contributed by atoms with Crippen LogP contribution in [0.1, 0.15) is 27.9 Å². The first-order chi connectivity index (χ1) is 9.17. The van der Waals surface area contributed by atoms with E-state index in [-0.39, 0.29) is 0 Å². The molecule has 0 saturated carbocycles. The van der Waals surface area contributed by atoms with Gasteiger partial charge in [-0.05, 0) is 30.5 Å². The number of benzene rings is 1. The van der Waals surface area contributed by atoms with Gasteiger partial charge in [-0.2, -0.15) is 0 Å². The Balaban J connectivity index is 1.78. The standard InChI is InChI=1S/C14H16N2O3/c1-9-2-3-10(4-13(9)14(17)15-18)6-16-7-12-5-11(16)8-19-12/h2-4,11-12H,5-8H2,1H3/t11-,12-/m0/s1. The van der Waals surface area contributed by atoms with E-state index in [0.717, 1.165) is 37.2 Å². The zero-order valence-electron chi connectivity index (χ0n) is 10.8. The minimum atomic E-state index is -0.689. The number of nitroso groups, excluding NO2 is 1. The average molecular weight is 260 g/mol. The Morgan fingerprint density at radius 2 is 2.37 bits per heavy atom. The van der Waals surface area contributed by atoms with Gasteiger partial charge in [0, 0.05) is 29.9 Å². The molecule has 2 aliphatic heterocycles. The number of likely N-dealkylation sites (tertiary alicyclic amines) is 1. The van der Waals surface area contributed by atoms with Gasteiger partial charge in [-0.15, -0.1) is 4.91 Å². The zero-order valence-corrected chi connectivity index (χ0v) is 10.8. The molecule has 2 aliphatic rings. The molecular weight excluding hydrogens is 244 g/mol. The number of nitrogens with zero attached hydrogens (tertiary/aromatic N) is 2. The number of rotatable bonds is 3. The Bertz CT molecular complexity index is 529. The first-order valence-electron chi connectivity index (χ1n) is 6.50. The molecule has 0 aliphatic carbocycles. The van der Waals surface area contributed by atoms with Crippen molar-refractivity contribution in [1.82, 2.24) is 4.90 Å². The van der Waals surface area contributed by atoms with Crippen LogP contribution in [0.4, 0.5) is 0 Å². The number of hydrogen-bond donors (Lipinski definition) is 0. The van der Waals surface area contributed by atoms with E-state index < -0.39 is 5.91 Å². The molecule has 1 amide bonds. The molecule has 2 fully saturated rings. The van der Waals surface area contributed by atoms with Gasteiger partial charge in [0.1, 0.15) is 0 Å². The van der Waals surface area contributed by atoms with Crippen LogP contribution in [0.3, 0.4) is 0 Å². The molecule has 2 saturated heterocycles. The quantitative estimate of drug-likeness (QED) is 0.778. The van der Waals surface area contributed by atoms with Crippen LogP contribution in [0.5, 0.6) is 0 Å². The molecule has 100 valence electrons. The first kappa shape index (κ1) is 12.4. The first-order valence-corrected chi connectivity index (χ1v) is 6.50. The van der Waals surface area contributed by atoms with Crippen LogP contribution in [0.2, 0.25) is 0 Å². The van der Waals surface area contributed by atoms with E-state index in [1.54, 1.807) is 6.07 Å². The lowest BCUT2D eigenvalue weighted by atomic mass is 10.0. The van der Waals surface area contributed by atoms with Gasteiger partial charge in [0.15, 0.2) is 0 Å². The smallest absolute Gasteiger partial charge is 0.317 e. The summed E-state index contributed by atoms with van der Waals surface area (Å²) in [6, 6.07) is 6.16. The van der Waals surface area contributed by atoms with Crippen LogP contribution in [0.25, 0.3) is 0 Å². The highest BCUT2D eigenvalue weighted by Crippen LogP contribution is 2.29. The average Bonchev–Trinajstić information content (AvgIpc) is 3.02. The molecular formula is C14H16N2O3. The van der Waals surface area contributed by atoms with E-state index in [9.17, 15) is 9.70 Å². The van der Waals surface area contributed by atoms with E-state index in [0.29, 0.717) is 17.7 Å². The van der Waals surface area contributed by atoms with E-state index in [4.69, 9.17) is 4.74 Å². The van der Waals surface area contributed by atoms with Crippen molar-refractivity contribution >= 4 is 5.91 Å². The number of amides is 1. The summed E-state index contributed by atoms with van der Waals surface area (Å²) in [7, 11) is 0. The second kappa shape index (κ2) is 4.83. The third-order valence-corrected chi connectivity index (χ3v) is 4.01. The molecule has 2 atom stereocenters. The molecule has 19 heavy (non-hydrogen) atoms. The molecule has 0 spiro atoms. The second-order valence-electron chi connectivity index (χ2n) is 5.32. The summed E-state index contributed by atoms with van der Waals surface area (Å²) in [5.41, 5.74) is 2.25. The van der Waals surface area contributed by atoms with Gasteiger partial charge in [-0.3, -0.25) is 9.69 Å². The Labute approximate surface area is 111 Å². The molecule has 0 aromatic heterocycles. The summed E-state index contributed by atoms with van der Waals surface area (Å²) in [5.74, 6) is -0.689. The molecule has 0 N–H and O–H groups in total. The number of aryl methyl sites for hydroxylation is 1. The topological polar surface area (TPSA) is 59.0 Å². The highest BCUT2D eigenvalue weighted by molar-refractivity contribution is 5.96. The van der Waals surface area contributed by atoms with Crippen molar-refractivity contribution < 1.29 is 9.53 Å². The van der Waals surface area contributed by atoms with E-state index >= 15 is 0 Å². The monoisotopic (exact) mass is 260 g/mol. The molecule has 0 radical (unpaired) electrons. The molecule has 1 aromatic rings. The van der Waals surface area contributed by atoms with Gasteiger partial charge in [-0.25, -0.2) is 0 Å². The fraction of sp³-hybridized carbons (Fsp3) is 0.500. The second-order valence-corrected chi connectivity index (χ2v) is 5.32. The maximum absolute atomic E-state index is 11.4. The van der Waals surface area contributed by atoms with E-state index in [1.807, 2.05) is 19.1 Å². The number of ether oxygens (including phenoxy) is 1. The molecule has 2 heterocycles. The molecule has 5 nitrogen and oxygen atoms in total. The van der Waals surface area contributed by atoms with Crippen molar-refractivity contribution in [2.24, 2.45) is 5.18 Å². The van der Waals surface area contributed by atoms with Gasteiger partial charge in [0.05, 0.1) is 12.7 Å². The SMILES string of the molecule is Cc1ccc(CN2C[C@@H]3C[C@H]2CO3)cc1C(=O)N=O. The Kier molecular flexibility index (Phi) is 3.16. The lowest BCUT2D eigenvalue weighted by Gasteiger charge is -2.26. The lowest BCUT2D eigenvalue weighted by Crippen LogP contribution is -2.36. The third kappa shape index (κ3) is 2.31. The summed E-state index contributed by atoms with van der Waals surface area (Å²) >= 11 is 0. The fourth-order valence-corrected chi connectivity index (χ4v) is 2.95. The van der Waals surface area contributed by atoms with Crippen LogP contribution in [0.15, 0.2) is 23.4 Å². The predicted octanol–water partition coefficient (Wildman–Crippen LogP) is 1.87. The zero-order chi connectivity index (χ0) is 13.4. The highest BCUT2D eigenvalue weighted by atomic mass is 16.5. The normalized spacial score (nSPS) is 25.7. The van der Waals surface area contributed by atoms with Crippen LogP contribution in [-0.2, 0) is 11.3 Å². The van der Waals surface area contributed by atoms with Crippen molar-refractivity contribution in [3.05, 3.63) is 39.8 Å². The number of fused-ring (bicyclic) bond motifs is 2. The van der Waals surface area contributed by atoms with Crippen molar-refractivity contribution in [2.45, 2.75) is 32.0 Å². The van der Waals surface area contributed by atoms with Crippen molar-refractivity contribution in [3.63, 3.8) is 0 Å². The molecule has 2 bridgehead atoms. The Hall–Kier alpha value is -1.59. The van der Waals surface area contributed by atoms with E-state index in [2.05, 4.69) is 10.1 Å². The van der Waals surface area contributed by atoms with Crippen molar-refractivity contribution in [3.8, 4) is 0 Å². The summed E-state index contributed by atoms with van der Waals surface area (Å²) in [6.45, 7) is 4.36. The van der Waals surface area contributed by atoms with Crippen LogP contribution < -0.4 is 0 Å². The van der Waals surface area contributed by atoms with Crippen molar-refractivity contribution in [1.29, 1.82) is 0 Å². The number of morpholine rings is 1. The number of carbonyl (C=O) groups is 1. The van der Waals surface area contributed by atoms with Gasteiger partial charge in [-0.1, -0.05) is 12.1 Å². The summed E-state index contributed by atoms with van der Waals surface area (Å²) < 4.78 is 5.57. The molecule has 3 rings (SSSR count). The van der Waals surface area contributed by atoms with Gasteiger partial charge < -0.3 is 4.74 Å². The van der Waals surface area contributed by atoms with Crippen LogP contribution in [0, 0.1) is 11.8 Å². The molecule has 5 heteroatoms. The summed E-state index contributed by atoms with van der Waals surface area (Å²) in [4.78, 5) is 24.2. The minimum absolute atomic E-state index is 0.369. The minimum Gasteiger partial charge on any atom is -0.375 e. The van der Waals surface area contributed by atoms with Crippen LogP contribution in [-0.4, -0.2) is 36.1 Å². The third-order valence-electron chi connectivity index (χ3n) is 4.01. The van der Waals surface area contributed by atoms with Crippen LogP contribution >= 0.6 is 0 Å².